The molecule has 0 atom stereocenters. The largest absolute Gasteiger partial charge is 0.493 e. The fourth-order valence-corrected chi connectivity index (χ4v) is 2.65. The lowest BCUT2D eigenvalue weighted by molar-refractivity contribution is 0.101. The van der Waals surface area contributed by atoms with Crippen molar-refractivity contribution in [3.05, 3.63) is 59.3 Å². The molecule has 0 aliphatic rings. The van der Waals surface area contributed by atoms with E-state index in [1.54, 1.807) is 32.4 Å². The first-order chi connectivity index (χ1) is 12.5. The Morgan fingerprint density at radius 1 is 1.00 bits per heavy atom. The highest BCUT2D eigenvalue weighted by Crippen LogP contribution is 2.32. The van der Waals surface area contributed by atoms with E-state index in [9.17, 15) is 4.79 Å². The van der Waals surface area contributed by atoms with E-state index < -0.39 is 0 Å². The number of hydrogen-bond donors (Lipinski definition) is 1. The van der Waals surface area contributed by atoms with Crippen LogP contribution in [0.2, 0.25) is 0 Å². The molecule has 3 rings (SSSR count). The van der Waals surface area contributed by atoms with Crippen LogP contribution in [0.1, 0.15) is 21.6 Å². The van der Waals surface area contributed by atoms with Crippen molar-refractivity contribution in [1.82, 2.24) is 5.16 Å². The zero-order valence-electron chi connectivity index (χ0n) is 15.1. The maximum atomic E-state index is 12.4. The van der Waals surface area contributed by atoms with Crippen LogP contribution in [0.5, 0.6) is 11.5 Å². The van der Waals surface area contributed by atoms with Gasteiger partial charge < -0.3 is 19.3 Å². The molecule has 0 saturated heterocycles. The molecule has 1 aromatic heterocycles. The monoisotopic (exact) mass is 352 g/mol. The summed E-state index contributed by atoms with van der Waals surface area (Å²) in [6.45, 7) is 3.95. The number of aryl methyl sites for hydroxylation is 2. The molecule has 0 saturated carbocycles. The van der Waals surface area contributed by atoms with Crippen molar-refractivity contribution < 1.29 is 18.8 Å². The van der Waals surface area contributed by atoms with Crippen LogP contribution in [0.4, 0.5) is 5.69 Å². The van der Waals surface area contributed by atoms with E-state index in [4.69, 9.17) is 14.0 Å². The number of methoxy groups -OCH3 is 2. The quantitative estimate of drug-likeness (QED) is 0.744. The summed E-state index contributed by atoms with van der Waals surface area (Å²) in [4.78, 5) is 12.4. The average Bonchev–Trinajstić information content (AvgIpc) is 3.13. The Hall–Kier alpha value is -3.28. The predicted molar refractivity (Wildman–Crippen MR) is 98.9 cm³/mol. The summed E-state index contributed by atoms with van der Waals surface area (Å²) in [5.74, 6) is 1.33. The van der Waals surface area contributed by atoms with Crippen molar-refractivity contribution in [1.29, 1.82) is 0 Å². The van der Waals surface area contributed by atoms with Gasteiger partial charge in [0.15, 0.2) is 23.0 Å². The number of amides is 1. The molecule has 6 nitrogen and oxygen atoms in total. The lowest BCUT2D eigenvalue weighted by Crippen LogP contribution is -2.13. The van der Waals surface area contributed by atoms with E-state index in [0.717, 1.165) is 22.4 Å². The first-order valence-electron chi connectivity index (χ1n) is 8.09. The topological polar surface area (TPSA) is 73.6 Å². The number of anilines is 1. The third-order valence-electron chi connectivity index (χ3n) is 4.04. The third kappa shape index (κ3) is 3.54. The van der Waals surface area contributed by atoms with Gasteiger partial charge >= 0.3 is 0 Å². The second-order valence-electron chi connectivity index (χ2n) is 5.92. The number of carbonyl (C=O) groups excluding carboxylic acids is 1. The first kappa shape index (κ1) is 17.5. The number of rotatable bonds is 5. The van der Waals surface area contributed by atoms with E-state index in [1.807, 2.05) is 38.1 Å². The van der Waals surface area contributed by atoms with Gasteiger partial charge in [-0.2, -0.15) is 0 Å². The molecule has 6 heteroatoms. The lowest BCUT2D eigenvalue weighted by atomic mass is 10.1. The number of nitrogens with zero attached hydrogens (tertiary/aromatic N) is 1. The van der Waals surface area contributed by atoms with Gasteiger partial charge in [-0.15, -0.1) is 0 Å². The molecule has 2 aromatic carbocycles. The van der Waals surface area contributed by atoms with E-state index in [-0.39, 0.29) is 11.6 Å². The highest BCUT2D eigenvalue weighted by Gasteiger charge is 2.16. The highest BCUT2D eigenvalue weighted by molar-refractivity contribution is 6.03. The van der Waals surface area contributed by atoms with Crippen molar-refractivity contribution in [2.24, 2.45) is 0 Å². The smallest absolute Gasteiger partial charge is 0.277 e. The Morgan fingerprint density at radius 3 is 2.46 bits per heavy atom. The van der Waals surface area contributed by atoms with Crippen LogP contribution in [-0.4, -0.2) is 25.3 Å². The van der Waals surface area contributed by atoms with Crippen LogP contribution in [-0.2, 0) is 0 Å². The summed E-state index contributed by atoms with van der Waals surface area (Å²) in [7, 11) is 3.13. The standard InChI is InChI=1S/C20H20N2O4/c1-12-5-7-15(13(2)9-12)21-20(23)16-11-18(26-22-16)14-6-8-17(24-3)19(10-14)25-4/h5-11H,1-4H3,(H,21,23). The summed E-state index contributed by atoms with van der Waals surface area (Å²) in [6, 6.07) is 12.8. The summed E-state index contributed by atoms with van der Waals surface area (Å²) in [5, 5.41) is 6.73. The molecule has 0 bridgehead atoms. The van der Waals surface area contributed by atoms with E-state index in [2.05, 4.69) is 10.5 Å². The Labute approximate surface area is 151 Å². The Bertz CT molecular complexity index is 947. The zero-order valence-corrected chi connectivity index (χ0v) is 15.1. The number of carbonyl (C=O) groups is 1. The highest BCUT2D eigenvalue weighted by atomic mass is 16.5. The Morgan fingerprint density at radius 2 is 1.77 bits per heavy atom. The summed E-state index contributed by atoms with van der Waals surface area (Å²) in [6.07, 6.45) is 0. The number of hydrogen-bond acceptors (Lipinski definition) is 5. The van der Waals surface area contributed by atoms with Gasteiger partial charge in [0, 0.05) is 17.3 Å². The van der Waals surface area contributed by atoms with Crippen LogP contribution >= 0.6 is 0 Å². The number of benzene rings is 2. The molecule has 0 aliphatic carbocycles. The van der Waals surface area contributed by atoms with Crippen molar-refractivity contribution in [2.45, 2.75) is 13.8 Å². The van der Waals surface area contributed by atoms with Crippen molar-refractivity contribution >= 4 is 11.6 Å². The normalized spacial score (nSPS) is 10.5. The van der Waals surface area contributed by atoms with Gasteiger partial charge in [-0.1, -0.05) is 22.9 Å². The minimum atomic E-state index is -0.326. The molecule has 26 heavy (non-hydrogen) atoms. The third-order valence-corrected chi connectivity index (χ3v) is 4.04. The lowest BCUT2D eigenvalue weighted by Gasteiger charge is -2.08. The molecule has 134 valence electrons. The van der Waals surface area contributed by atoms with Gasteiger partial charge in [0.1, 0.15) is 0 Å². The molecular formula is C20H20N2O4. The Kier molecular flexibility index (Phi) is 4.93. The molecular weight excluding hydrogens is 332 g/mol. The number of ether oxygens (including phenoxy) is 2. The molecule has 1 N–H and O–H groups in total. The number of nitrogens with one attached hydrogen (secondary N) is 1. The molecule has 1 amide bonds. The molecule has 0 aliphatic heterocycles. The minimum absolute atomic E-state index is 0.203. The van der Waals surface area contributed by atoms with Gasteiger partial charge in [0.25, 0.3) is 5.91 Å². The van der Waals surface area contributed by atoms with Gasteiger partial charge in [-0.05, 0) is 43.7 Å². The second kappa shape index (κ2) is 7.31. The van der Waals surface area contributed by atoms with Crippen molar-refractivity contribution in [2.75, 3.05) is 19.5 Å². The number of aromatic nitrogens is 1. The maximum absolute atomic E-state index is 12.4. The van der Waals surface area contributed by atoms with Crippen LogP contribution < -0.4 is 14.8 Å². The molecule has 1 heterocycles. The maximum Gasteiger partial charge on any atom is 0.277 e. The van der Waals surface area contributed by atoms with Crippen LogP contribution in [0, 0.1) is 13.8 Å². The summed E-state index contributed by atoms with van der Waals surface area (Å²) in [5.41, 5.74) is 3.81. The Balaban J connectivity index is 1.82. The fourth-order valence-electron chi connectivity index (χ4n) is 2.65. The van der Waals surface area contributed by atoms with Crippen LogP contribution in [0.15, 0.2) is 47.0 Å². The molecule has 0 fully saturated rings. The molecule has 3 aromatic rings. The van der Waals surface area contributed by atoms with Gasteiger partial charge in [0.05, 0.1) is 14.2 Å². The fraction of sp³-hybridized carbons (Fsp3) is 0.200. The van der Waals surface area contributed by atoms with Gasteiger partial charge in [-0.25, -0.2) is 0 Å². The van der Waals surface area contributed by atoms with Crippen LogP contribution in [0.3, 0.4) is 0 Å². The van der Waals surface area contributed by atoms with E-state index >= 15 is 0 Å². The van der Waals surface area contributed by atoms with Crippen LogP contribution in [0.25, 0.3) is 11.3 Å². The second-order valence-corrected chi connectivity index (χ2v) is 5.92. The van der Waals surface area contributed by atoms with E-state index in [1.165, 1.54) is 0 Å². The molecule has 0 spiro atoms. The summed E-state index contributed by atoms with van der Waals surface area (Å²) < 4.78 is 15.8. The van der Waals surface area contributed by atoms with Gasteiger partial charge in [-0.3, -0.25) is 4.79 Å². The first-order valence-corrected chi connectivity index (χ1v) is 8.09. The predicted octanol–water partition coefficient (Wildman–Crippen LogP) is 4.23. The van der Waals surface area contributed by atoms with Gasteiger partial charge in [0.2, 0.25) is 0 Å². The van der Waals surface area contributed by atoms with Crippen molar-refractivity contribution in [3.8, 4) is 22.8 Å². The SMILES string of the molecule is COc1ccc(-c2cc(C(=O)Nc3ccc(C)cc3C)no2)cc1OC. The molecule has 0 unspecified atom stereocenters. The minimum Gasteiger partial charge on any atom is -0.493 e. The zero-order chi connectivity index (χ0) is 18.7. The van der Waals surface area contributed by atoms with Crippen molar-refractivity contribution in [3.63, 3.8) is 0 Å². The molecule has 0 radical (unpaired) electrons. The summed E-state index contributed by atoms with van der Waals surface area (Å²) >= 11 is 0. The van der Waals surface area contributed by atoms with E-state index in [0.29, 0.717) is 17.3 Å². The average molecular weight is 352 g/mol.